The third kappa shape index (κ3) is 5.23. The molecule has 0 amide bonds. The van der Waals surface area contributed by atoms with Crippen LogP contribution in [0.3, 0.4) is 0 Å². The minimum Gasteiger partial charge on any atom is -0.394 e. The van der Waals surface area contributed by atoms with Crippen LogP contribution in [0.4, 0.5) is 4.39 Å². The van der Waals surface area contributed by atoms with Gasteiger partial charge in [0.2, 0.25) is 10.0 Å². The standard InChI is InChI=1S/C12H18FNO4S/c1-10-3-4-11(9-12(10)13)19(16,17)14-5-2-7-18-8-6-15/h3-4,9,14-15H,2,5-8H2,1H3. The van der Waals surface area contributed by atoms with Crippen LogP contribution in [0, 0.1) is 12.7 Å². The van der Waals surface area contributed by atoms with Crippen molar-refractivity contribution in [1.82, 2.24) is 4.72 Å². The molecule has 0 aliphatic rings. The van der Waals surface area contributed by atoms with Crippen molar-refractivity contribution >= 4 is 10.0 Å². The average Bonchev–Trinajstić information content (AvgIpc) is 2.36. The Morgan fingerprint density at radius 3 is 2.74 bits per heavy atom. The summed E-state index contributed by atoms with van der Waals surface area (Å²) >= 11 is 0. The van der Waals surface area contributed by atoms with E-state index in [1.165, 1.54) is 12.1 Å². The number of benzene rings is 1. The maximum Gasteiger partial charge on any atom is 0.240 e. The van der Waals surface area contributed by atoms with Gasteiger partial charge in [0.05, 0.1) is 18.1 Å². The number of aryl methyl sites for hydroxylation is 1. The van der Waals surface area contributed by atoms with E-state index in [0.717, 1.165) is 6.07 Å². The van der Waals surface area contributed by atoms with Crippen LogP contribution in [-0.4, -0.2) is 39.9 Å². The van der Waals surface area contributed by atoms with Crippen molar-refractivity contribution in [2.75, 3.05) is 26.4 Å². The van der Waals surface area contributed by atoms with Crippen LogP contribution in [0.5, 0.6) is 0 Å². The highest BCUT2D eigenvalue weighted by Gasteiger charge is 2.14. The SMILES string of the molecule is Cc1ccc(S(=O)(=O)NCCCOCCO)cc1F. The van der Waals surface area contributed by atoms with E-state index in [-0.39, 0.29) is 24.7 Å². The van der Waals surface area contributed by atoms with Gasteiger partial charge in [-0.3, -0.25) is 0 Å². The highest BCUT2D eigenvalue weighted by atomic mass is 32.2. The molecule has 0 unspecified atom stereocenters. The molecule has 0 radical (unpaired) electrons. The molecule has 7 heteroatoms. The molecular weight excluding hydrogens is 273 g/mol. The molecule has 5 nitrogen and oxygen atoms in total. The number of hydrogen-bond acceptors (Lipinski definition) is 4. The Labute approximate surface area is 112 Å². The van der Waals surface area contributed by atoms with E-state index >= 15 is 0 Å². The lowest BCUT2D eigenvalue weighted by atomic mass is 10.2. The predicted octanol–water partition coefficient (Wildman–Crippen LogP) is 0.811. The maximum absolute atomic E-state index is 13.3. The first-order chi connectivity index (χ1) is 8.97. The van der Waals surface area contributed by atoms with E-state index in [1.54, 1.807) is 6.92 Å². The van der Waals surface area contributed by atoms with Crippen molar-refractivity contribution in [1.29, 1.82) is 0 Å². The first-order valence-electron chi connectivity index (χ1n) is 5.92. The first kappa shape index (κ1) is 16.0. The molecule has 2 N–H and O–H groups in total. The van der Waals surface area contributed by atoms with E-state index < -0.39 is 15.8 Å². The van der Waals surface area contributed by atoms with Crippen molar-refractivity contribution in [2.24, 2.45) is 0 Å². The lowest BCUT2D eigenvalue weighted by Gasteiger charge is -2.07. The average molecular weight is 291 g/mol. The van der Waals surface area contributed by atoms with E-state index in [9.17, 15) is 12.8 Å². The smallest absolute Gasteiger partial charge is 0.240 e. The van der Waals surface area contributed by atoms with Crippen LogP contribution in [0.1, 0.15) is 12.0 Å². The summed E-state index contributed by atoms with van der Waals surface area (Å²) in [5.41, 5.74) is 0.399. The van der Waals surface area contributed by atoms with Crippen molar-refractivity contribution in [3.8, 4) is 0 Å². The van der Waals surface area contributed by atoms with Gasteiger partial charge in [-0.05, 0) is 31.0 Å². The number of sulfonamides is 1. The molecule has 0 fully saturated rings. The van der Waals surface area contributed by atoms with Gasteiger partial charge in [-0.25, -0.2) is 17.5 Å². The largest absolute Gasteiger partial charge is 0.394 e. The van der Waals surface area contributed by atoms with Gasteiger partial charge < -0.3 is 9.84 Å². The Morgan fingerprint density at radius 2 is 2.11 bits per heavy atom. The number of nitrogens with one attached hydrogen (secondary N) is 1. The predicted molar refractivity (Wildman–Crippen MR) is 68.8 cm³/mol. The third-order valence-corrected chi connectivity index (χ3v) is 3.91. The summed E-state index contributed by atoms with van der Waals surface area (Å²) in [6.07, 6.45) is 0.480. The molecule has 0 heterocycles. The summed E-state index contributed by atoms with van der Waals surface area (Å²) in [5, 5.41) is 8.48. The second kappa shape index (κ2) is 7.54. The van der Waals surface area contributed by atoms with E-state index in [2.05, 4.69) is 4.72 Å². The van der Waals surface area contributed by atoms with Gasteiger partial charge in [0.1, 0.15) is 5.82 Å². The Hall–Kier alpha value is -1.02. The van der Waals surface area contributed by atoms with Crippen LogP contribution in [0.15, 0.2) is 23.1 Å². The van der Waals surface area contributed by atoms with Gasteiger partial charge in [0.25, 0.3) is 0 Å². The first-order valence-corrected chi connectivity index (χ1v) is 7.40. The summed E-state index contributed by atoms with van der Waals surface area (Å²) in [6.45, 7) is 2.29. The van der Waals surface area contributed by atoms with Gasteiger partial charge in [-0.2, -0.15) is 0 Å². The summed E-state index contributed by atoms with van der Waals surface area (Å²) in [5.74, 6) is -0.547. The molecule has 19 heavy (non-hydrogen) atoms. The van der Waals surface area contributed by atoms with Crippen molar-refractivity contribution in [3.05, 3.63) is 29.6 Å². The second-order valence-electron chi connectivity index (χ2n) is 4.00. The Kier molecular flexibility index (Phi) is 6.36. The maximum atomic E-state index is 13.3. The third-order valence-electron chi connectivity index (χ3n) is 2.45. The molecule has 0 saturated carbocycles. The quantitative estimate of drug-likeness (QED) is 0.695. The lowest BCUT2D eigenvalue weighted by molar-refractivity contribution is 0.0913. The van der Waals surface area contributed by atoms with Crippen LogP contribution in [0.25, 0.3) is 0 Å². The number of aliphatic hydroxyl groups is 1. The Morgan fingerprint density at radius 1 is 1.37 bits per heavy atom. The highest BCUT2D eigenvalue weighted by molar-refractivity contribution is 7.89. The molecule has 1 rings (SSSR count). The van der Waals surface area contributed by atoms with Crippen LogP contribution in [-0.2, 0) is 14.8 Å². The van der Waals surface area contributed by atoms with Gasteiger partial charge >= 0.3 is 0 Å². The van der Waals surface area contributed by atoms with Crippen LogP contribution < -0.4 is 4.72 Å². The highest BCUT2D eigenvalue weighted by Crippen LogP contribution is 2.13. The zero-order valence-corrected chi connectivity index (χ0v) is 11.5. The summed E-state index contributed by atoms with van der Waals surface area (Å²) in [7, 11) is -3.69. The molecule has 0 spiro atoms. The molecule has 108 valence electrons. The van der Waals surface area contributed by atoms with E-state index in [1.807, 2.05) is 0 Å². The Bertz CT molecular complexity index is 504. The number of halogens is 1. The molecule has 0 bridgehead atoms. The molecule has 0 aromatic heterocycles. The van der Waals surface area contributed by atoms with E-state index in [4.69, 9.17) is 9.84 Å². The van der Waals surface area contributed by atoms with E-state index in [0.29, 0.717) is 18.6 Å². The number of aliphatic hydroxyl groups excluding tert-OH is 1. The normalized spacial score (nSPS) is 11.7. The minimum atomic E-state index is -3.69. The zero-order chi connectivity index (χ0) is 14.3. The van der Waals surface area contributed by atoms with Crippen LogP contribution in [0.2, 0.25) is 0 Å². The fraction of sp³-hybridized carbons (Fsp3) is 0.500. The van der Waals surface area contributed by atoms with Crippen LogP contribution >= 0.6 is 0 Å². The van der Waals surface area contributed by atoms with Gasteiger partial charge in [0.15, 0.2) is 0 Å². The topological polar surface area (TPSA) is 75.6 Å². The fourth-order valence-electron chi connectivity index (χ4n) is 1.37. The van der Waals surface area contributed by atoms with Crippen molar-refractivity contribution in [3.63, 3.8) is 0 Å². The lowest BCUT2D eigenvalue weighted by Crippen LogP contribution is -2.25. The molecular formula is C12H18FNO4S. The molecule has 1 aromatic carbocycles. The number of ether oxygens (including phenoxy) is 1. The second-order valence-corrected chi connectivity index (χ2v) is 5.77. The molecule has 0 saturated heterocycles. The molecule has 0 aliphatic heterocycles. The summed E-state index contributed by atoms with van der Waals surface area (Å²) in [6, 6.07) is 3.79. The fourth-order valence-corrected chi connectivity index (χ4v) is 2.46. The number of hydrogen-bond donors (Lipinski definition) is 2. The minimum absolute atomic E-state index is 0.0611. The molecule has 0 aliphatic carbocycles. The molecule has 0 atom stereocenters. The Balaban J connectivity index is 2.49. The molecule has 1 aromatic rings. The summed E-state index contributed by atoms with van der Waals surface area (Å²) in [4.78, 5) is -0.0909. The number of rotatable bonds is 8. The van der Waals surface area contributed by atoms with Gasteiger partial charge in [-0.1, -0.05) is 6.07 Å². The van der Waals surface area contributed by atoms with Crippen molar-refractivity contribution < 1.29 is 22.7 Å². The summed E-state index contributed by atoms with van der Waals surface area (Å²) < 4.78 is 44.3. The zero-order valence-electron chi connectivity index (χ0n) is 10.7. The van der Waals surface area contributed by atoms with Gasteiger partial charge in [-0.15, -0.1) is 0 Å². The monoisotopic (exact) mass is 291 g/mol. The van der Waals surface area contributed by atoms with Gasteiger partial charge in [0, 0.05) is 13.2 Å². The van der Waals surface area contributed by atoms with Crippen molar-refractivity contribution in [2.45, 2.75) is 18.2 Å².